The molecule has 16 heavy (non-hydrogen) atoms. The molecule has 0 atom stereocenters. The molecule has 0 saturated heterocycles. The molecule has 2 heteroatoms. The van der Waals surface area contributed by atoms with Gasteiger partial charge in [0.15, 0.2) is 0 Å². The summed E-state index contributed by atoms with van der Waals surface area (Å²) in [4.78, 5) is 0. The molecule has 0 bridgehead atoms. The molecule has 80 valence electrons. The molecule has 0 saturated carbocycles. The SMILES string of the molecule is Cc1cc[c]([Al]([Cl])[c]2ccc(C)cc2)cc1. The van der Waals surface area contributed by atoms with Crippen LogP contribution in [0, 0.1) is 13.8 Å². The molecule has 0 aliphatic heterocycles. The van der Waals surface area contributed by atoms with E-state index in [1.807, 2.05) is 0 Å². The summed E-state index contributed by atoms with van der Waals surface area (Å²) >= 11 is -1.49. The van der Waals surface area contributed by atoms with Crippen LogP contribution in [-0.4, -0.2) is 13.2 Å². The van der Waals surface area contributed by atoms with Gasteiger partial charge in [0, 0.05) is 0 Å². The van der Waals surface area contributed by atoms with Crippen molar-refractivity contribution in [2.45, 2.75) is 13.8 Å². The monoisotopic (exact) mass is 244 g/mol. The Morgan fingerprint density at radius 2 is 1.00 bits per heavy atom. The van der Waals surface area contributed by atoms with Gasteiger partial charge in [-0.15, -0.1) is 0 Å². The Kier molecular flexibility index (Phi) is 3.71. The van der Waals surface area contributed by atoms with Crippen molar-refractivity contribution < 1.29 is 0 Å². The number of hydrogen-bond acceptors (Lipinski definition) is 0. The van der Waals surface area contributed by atoms with Gasteiger partial charge in [0.1, 0.15) is 0 Å². The molecule has 0 heterocycles. The summed E-state index contributed by atoms with van der Waals surface area (Å²) in [6.45, 7) is 4.20. The zero-order valence-corrected chi connectivity index (χ0v) is 11.5. The van der Waals surface area contributed by atoms with Crippen LogP contribution in [0.1, 0.15) is 11.1 Å². The predicted molar refractivity (Wildman–Crippen MR) is 73.2 cm³/mol. The van der Waals surface area contributed by atoms with E-state index in [1.165, 1.54) is 20.0 Å². The lowest BCUT2D eigenvalue weighted by Crippen LogP contribution is -2.36. The fourth-order valence-corrected chi connectivity index (χ4v) is 3.98. The maximum atomic E-state index is 6.58. The van der Waals surface area contributed by atoms with Gasteiger partial charge in [-0.2, -0.15) is 0 Å². The van der Waals surface area contributed by atoms with Crippen LogP contribution < -0.4 is 8.85 Å². The topological polar surface area (TPSA) is 0 Å². The number of aryl methyl sites for hydroxylation is 2. The molecule has 0 spiro atoms. The van der Waals surface area contributed by atoms with Crippen LogP contribution in [0.25, 0.3) is 0 Å². The summed E-state index contributed by atoms with van der Waals surface area (Å²) in [6, 6.07) is 17.1. The van der Waals surface area contributed by atoms with Crippen LogP contribution in [0.15, 0.2) is 48.5 Å². The van der Waals surface area contributed by atoms with Gasteiger partial charge in [-0.25, -0.2) is 10.0 Å². The molecule has 2 aromatic rings. The fourth-order valence-electron chi connectivity index (χ4n) is 1.66. The Labute approximate surface area is 105 Å². The molecular weight excluding hydrogens is 231 g/mol. The first-order chi connectivity index (χ1) is 7.66. The second-order valence-corrected chi connectivity index (χ2v) is 7.55. The third-order valence-electron chi connectivity index (χ3n) is 2.74. The zero-order chi connectivity index (χ0) is 11.5. The largest absolute Gasteiger partial charge is 0.475 e. The highest BCUT2D eigenvalue weighted by Gasteiger charge is 2.19. The summed E-state index contributed by atoms with van der Waals surface area (Å²) in [6.07, 6.45) is 0. The van der Waals surface area contributed by atoms with Gasteiger partial charge < -0.3 is 0 Å². The molecule has 2 rings (SSSR count). The Balaban J connectivity index is 2.28. The lowest BCUT2D eigenvalue weighted by molar-refractivity contribution is 1.48. The standard InChI is InChI=1S/2C7H7.Al.ClH/c2*1-7-5-3-2-4-6-7;;/h2*3-6H,1H3;;1H/q;;+1;/p-1. The molecule has 0 N–H and O–H groups in total. The van der Waals surface area contributed by atoms with Crippen molar-refractivity contribution in [1.29, 1.82) is 0 Å². The minimum Gasteiger partial charge on any atom is -0.245 e. The van der Waals surface area contributed by atoms with Crippen molar-refractivity contribution >= 4 is 32.1 Å². The number of rotatable bonds is 2. The second kappa shape index (κ2) is 5.06. The van der Waals surface area contributed by atoms with Crippen LogP contribution in [0.2, 0.25) is 0 Å². The lowest BCUT2D eigenvalue weighted by atomic mass is 10.2. The maximum Gasteiger partial charge on any atom is 0.475 e. The smallest absolute Gasteiger partial charge is 0.245 e. The first kappa shape index (κ1) is 11.7. The van der Waals surface area contributed by atoms with Crippen LogP contribution in [0.4, 0.5) is 0 Å². The Morgan fingerprint density at radius 1 is 0.688 bits per heavy atom. The normalized spacial score (nSPS) is 10.2. The van der Waals surface area contributed by atoms with Crippen LogP contribution in [0.5, 0.6) is 0 Å². The minimum atomic E-state index is -1.49. The molecule has 0 fully saturated rings. The summed E-state index contributed by atoms with van der Waals surface area (Å²) in [5, 5.41) is 0. The average molecular weight is 245 g/mol. The van der Waals surface area contributed by atoms with Crippen molar-refractivity contribution in [2.24, 2.45) is 0 Å². The fraction of sp³-hybridized carbons (Fsp3) is 0.143. The highest BCUT2D eigenvalue weighted by molar-refractivity contribution is 7.21. The van der Waals surface area contributed by atoms with E-state index < -0.39 is 13.2 Å². The Hall–Kier alpha value is -0.738. The van der Waals surface area contributed by atoms with Crippen LogP contribution in [-0.2, 0) is 0 Å². The quantitative estimate of drug-likeness (QED) is 0.713. The minimum absolute atomic E-state index is 1.28. The second-order valence-electron chi connectivity index (χ2n) is 4.18. The number of halogens is 1. The van der Waals surface area contributed by atoms with E-state index in [0.717, 1.165) is 0 Å². The average Bonchev–Trinajstić information content (AvgIpc) is 2.30. The van der Waals surface area contributed by atoms with Crippen molar-refractivity contribution in [3.63, 3.8) is 0 Å². The highest BCUT2D eigenvalue weighted by Crippen LogP contribution is 2.00. The molecule has 0 unspecified atom stereocenters. The number of benzene rings is 2. The number of hydrogen-bond donors (Lipinski definition) is 0. The third-order valence-corrected chi connectivity index (χ3v) is 6.19. The predicted octanol–water partition coefficient (Wildman–Crippen LogP) is 2.65. The summed E-state index contributed by atoms with van der Waals surface area (Å²) in [5.41, 5.74) is 2.57. The van der Waals surface area contributed by atoms with Gasteiger partial charge in [0.2, 0.25) is 0 Å². The van der Waals surface area contributed by atoms with Gasteiger partial charge in [0.25, 0.3) is 0 Å². The van der Waals surface area contributed by atoms with E-state index in [2.05, 4.69) is 62.4 Å². The molecule has 0 aromatic heterocycles. The van der Waals surface area contributed by atoms with E-state index in [9.17, 15) is 0 Å². The van der Waals surface area contributed by atoms with Crippen molar-refractivity contribution in [3.05, 3.63) is 59.7 Å². The molecule has 2 aromatic carbocycles. The van der Waals surface area contributed by atoms with Crippen LogP contribution in [0.3, 0.4) is 0 Å². The first-order valence-electron chi connectivity index (χ1n) is 5.44. The van der Waals surface area contributed by atoms with Gasteiger partial charge >= 0.3 is 13.2 Å². The molecular formula is C14H14AlCl. The Morgan fingerprint density at radius 3 is 1.31 bits per heavy atom. The van der Waals surface area contributed by atoms with Crippen LogP contribution >= 0.6 is 10.0 Å². The molecule has 0 nitrogen and oxygen atoms in total. The van der Waals surface area contributed by atoms with E-state index in [0.29, 0.717) is 0 Å². The van der Waals surface area contributed by atoms with Gasteiger partial charge in [-0.05, 0) is 13.8 Å². The first-order valence-corrected chi connectivity index (χ1v) is 8.34. The molecule has 0 amide bonds. The Bertz CT molecular complexity index is 414. The van der Waals surface area contributed by atoms with Crippen molar-refractivity contribution in [2.75, 3.05) is 0 Å². The van der Waals surface area contributed by atoms with E-state index >= 15 is 0 Å². The van der Waals surface area contributed by atoms with E-state index in [1.54, 1.807) is 0 Å². The van der Waals surface area contributed by atoms with Crippen molar-refractivity contribution in [1.82, 2.24) is 0 Å². The van der Waals surface area contributed by atoms with Gasteiger partial charge in [0.05, 0.1) is 0 Å². The van der Waals surface area contributed by atoms with Crippen molar-refractivity contribution in [3.8, 4) is 0 Å². The maximum absolute atomic E-state index is 6.58. The third kappa shape index (κ3) is 2.68. The zero-order valence-electron chi connectivity index (χ0n) is 9.57. The summed E-state index contributed by atoms with van der Waals surface area (Å²) < 4.78 is 2.58. The van der Waals surface area contributed by atoms with E-state index in [-0.39, 0.29) is 0 Å². The molecule has 0 aliphatic rings. The highest BCUT2D eigenvalue weighted by atomic mass is 35.6. The summed E-state index contributed by atoms with van der Waals surface area (Å²) in [7, 11) is 6.58. The van der Waals surface area contributed by atoms with E-state index in [4.69, 9.17) is 10.0 Å². The lowest BCUT2D eigenvalue weighted by Gasteiger charge is -2.06. The summed E-state index contributed by atoms with van der Waals surface area (Å²) in [5.74, 6) is 0. The molecule has 0 aliphatic carbocycles. The van der Waals surface area contributed by atoms with Gasteiger partial charge in [-0.1, -0.05) is 68.5 Å². The molecule has 0 radical (unpaired) electrons. The van der Waals surface area contributed by atoms with Gasteiger partial charge in [-0.3, -0.25) is 0 Å².